The highest BCUT2D eigenvalue weighted by molar-refractivity contribution is 6.14. The van der Waals surface area contributed by atoms with Gasteiger partial charge in [-0.15, -0.1) is 0 Å². The first-order valence-corrected chi connectivity index (χ1v) is 8.77. The molecule has 2 aromatic carbocycles. The third-order valence-corrected chi connectivity index (χ3v) is 3.83. The number of Topliss-reactive ketones (excluding diaryl/α,β-unsaturated/α-hetero) is 1. The molecule has 0 heterocycles. The molecule has 0 radical (unpaired) electrons. The zero-order valence-corrected chi connectivity index (χ0v) is 16.3. The van der Waals surface area contributed by atoms with Crippen LogP contribution >= 0.6 is 0 Å². The van der Waals surface area contributed by atoms with Crippen molar-refractivity contribution in [2.75, 3.05) is 20.3 Å². The summed E-state index contributed by atoms with van der Waals surface area (Å²) in [6.07, 6.45) is 1.33. The maximum absolute atomic E-state index is 12.6. The van der Waals surface area contributed by atoms with Crippen molar-refractivity contribution in [1.82, 2.24) is 0 Å². The van der Waals surface area contributed by atoms with Gasteiger partial charge in [0.05, 0.1) is 18.6 Å². The molecule has 0 aliphatic carbocycles. The number of benzene rings is 2. The lowest BCUT2D eigenvalue weighted by molar-refractivity contribution is -0.384. The predicted octanol–water partition coefficient (Wildman–Crippen LogP) is 3.34. The second-order valence-corrected chi connectivity index (χ2v) is 5.81. The molecular weight excluding hydrogens is 392 g/mol. The van der Waals surface area contributed by atoms with Crippen LogP contribution in [0.2, 0.25) is 0 Å². The highest BCUT2D eigenvalue weighted by Crippen LogP contribution is 2.29. The molecule has 2 aromatic rings. The second kappa shape index (κ2) is 10.4. The molecule has 0 saturated carbocycles. The molecule has 0 aliphatic heterocycles. The summed E-state index contributed by atoms with van der Waals surface area (Å²) in [5.41, 5.74) is 0.0321. The van der Waals surface area contributed by atoms with Crippen LogP contribution in [0, 0.1) is 21.4 Å². The topological polar surface area (TPSA) is 129 Å². The smallest absolute Gasteiger partial charge is 0.344 e. The normalized spacial score (nSPS) is 10.6. The number of nitro groups is 1. The standard InChI is InChI=1S/C21H18N2O7/c1-3-29-20(24)13-30-18-8-7-14(10-19(18)28-2)9-16(12-22)21(25)15-5-4-6-17(11-15)23(26)27/h4-11H,3,13H2,1-2H3. The minimum atomic E-state index is -0.650. The van der Waals surface area contributed by atoms with Crippen molar-refractivity contribution in [2.45, 2.75) is 6.92 Å². The fourth-order valence-corrected chi connectivity index (χ4v) is 2.46. The van der Waals surface area contributed by atoms with Gasteiger partial charge < -0.3 is 14.2 Å². The van der Waals surface area contributed by atoms with Crippen molar-refractivity contribution >= 4 is 23.5 Å². The van der Waals surface area contributed by atoms with Crippen molar-refractivity contribution < 1.29 is 28.7 Å². The van der Waals surface area contributed by atoms with E-state index in [0.717, 1.165) is 6.07 Å². The lowest BCUT2D eigenvalue weighted by atomic mass is 10.0. The van der Waals surface area contributed by atoms with Crippen LogP contribution < -0.4 is 9.47 Å². The summed E-state index contributed by atoms with van der Waals surface area (Å²) in [4.78, 5) is 34.3. The van der Waals surface area contributed by atoms with Gasteiger partial charge in [-0.1, -0.05) is 18.2 Å². The number of carbonyl (C=O) groups excluding carboxylic acids is 2. The Kier molecular flexibility index (Phi) is 7.65. The number of nitriles is 1. The summed E-state index contributed by atoms with van der Waals surface area (Å²) in [7, 11) is 1.40. The molecule has 0 amide bonds. The number of allylic oxidation sites excluding steroid dienone is 1. The summed E-state index contributed by atoms with van der Waals surface area (Å²) < 4.78 is 15.4. The molecule has 0 spiro atoms. The highest BCUT2D eigenvalue weighted by atomic mass is 16.6. The second-order valence-electron chi connectivity index (χ2n) is 5.81. The summed E-state index contributed by atoms with van der Waals surface area (Å²) in [6.45, 7) is 1.62. The Morgan fingerprint density at radius 3 is 2.60 bits per heavy atom. The molecule has 0 unspecified atom stereocenters. The van der Waals surface area contributed by atoms with E-state index >= 15 is 0 Å². The van der Waals surface area contributed by atoms with Crippen molar-refractivity contribution in [3.05, 3.63) is 69.3 Å². The van der Waals surface area contributed by atoms with Gasteiger partial charge in [0.2, 0.25) is 5.78 Å². The molecule has 0 N–H and O–H groups in total. The van der Waals surface area contributed by atoms with E-state index in [-0.39, 0.29) is 41.5 Å². The van der Waals surface area contributed by atoms with E-state index in [4.69, 9.17) is 14.2 Å². The van der Waals surface area contributed by atoms with Gasteiger partial charge in [0.15, 0.2) is 18.1 Å². The Morgan fingerprint density at radius 1 is 1.20 bits per heavy atom. The number of carbonyl (C=O) groups is 2. The number of methoxy groups -OCH3 is 1. The maximum Gasteiger partial charge on any atom is 0.344 e. The molecular formula is C21H18N2O7. The first kappa shape index (κ1) is 22.1. The van der Waals surface area contributed by atoms with Crippen LogP contribution in [0.15, 0.2) is 48.0 Å². The Morgan fingerprint density at radius 2 is 1.97 bits per heavy atom. The van der Waals surface area contributed by atoms with Gasteiger partial charge in [-0.3, -0.25) is 14.9 Å². The van der Waals surface area contributed by atoms with Crippen molar-refractivity contribution in [2.24, 2.45) is 0 Å². The van der Waals surface area contributed by atoms with Crippen LogP contribution in [0.4, 0.5) is 5.69 Å². The first-order valence-electron chi connectivity index (χ1n) is 8.77. The number of ketones is 1. The summed E-state index contributed by atoms with van der Waals surface area (Å²) in [5.74, 6) is -0.611. The van der Waals surface area contributed by atoms with E-state index in [2.05, 4.69) is 0 Å². The van der Waals surface area contributed by atoms with Crippen LogP contribution in [-0.4, -0.2) is 37.0 Å². The number of hydrogen-bond donors (Lipinski definition) is 0. The van der Waals surface area contributed by atoms with Gasteiger partial charge in [0, 0.05) is 17.7 Å². The highest BCUT2D eigenvalue weighted by Gasteiger charge is 2.16. The minimum absolute atomic E-state index is 0.0263. The maximum atomic E-state index is 12.6. The monoisotopic (exact) mass is 410 g/mol. The van der Waals surface area contributed by atoms with Gasteiger partial charge in [-0.2, -0.15) is 5.26 Å². The lowest BCUT2D eigenvalue weighted by Crippen LogP contribution is -2.14. The number of esters is 1. The third-order valence-electron chi connectivity index (χ3n) is 3.83. The lowest BCUT2D eigenvalue weighted by Gasteiger charge is -2.11. The molecule has 9 nitrogen and oxygen atoms in total. The minimum Gasteiger partial charge on any atom is -0.493 e. The number of nitro benzene ring substituents is 1. The van der Waals surface area contributed by atoms with E-state index in [1.165, 1.54) is 43.5 Å². The Hall–Kier alpha value is -4.19. The number of ether oxygens (including phenoxy) is 3. The van der Waals surface area contributed by atoms with E-state index < -0.39 is 16.7 Å². The Labute approximate surface area is 172 Å². The average molecular weight is 410 g/mol. The van der Waals surface area contributed by atoms with E-state index in [9.17, 15) is 25.0 Å². The van der Waals surface area contributed by atoms with E-state index in [1.807, 2.05) is 6.07 Å². The van der Waals surface area contributed by atoms with Gasteiger partial charge in [-0.05, 0) is 30.7 Å². The summed E-state index contributed by atoms with van der Waals surface area (Å²) >= 11 is 0. The van der Waals surface area contributed by atoms with E-state index in [0.29, 0.717) is 5.56 Å². The molecule has 0 bridgehead atoms. The van der Waals surface area contributed by atoms with Crippen molar-refractivity contribution in [1.29, 1.82) is 5.26 Å². The fourth-order valence-electron chi connectivity index (χ4n) is 2.46. The van der Waals surface area contributed by atoms with E-state index in [1.54, 1.807) is 13.0 Å². The van der Waals surface area contributed by atoms with Crippen LogP contribution in [0.1, 0.15) is 22.8 Å². The van der Waals surface area contributed by atoms with Gasteiger partial charge in [0.1, 0.15) is 11.6 Å². The molecule has 0 atom stereocenters. The third kappa shape index (κ3) is 5.65. The quantitative estimate of drug-likeness (QED) is 0.154. The van der Waals surface area contributed by atoms with Gasteiger partial charge in [0.25, 0.3) is 5.69 Å². The SMILES string of the molecule is CCOC(=O)COc1ccc(C=C(C#N)C(=O)c2cccc([N+](=O)[O-])c2)cc1OC. The molecule has 0 saturated heterocycles. The zero-order chi connectivity index (χ0) is 22.1. The Balaban J connectivity index is 2.28. The summed E-state index contributed by atoms with van der Waals surface area (Å²) in [5, 5.41) is 20.3. The zero-order valence-electron chi connectivity index (χ0n) is 16.3. The number of rotatable bonds is 9. The van der Waals surface area contributed by atoms with Crippen molar-refractivity contribution in [3.63, 3.8) is 0 Å². The molecule has 0 fully saturated rings. The fraction of sp³-hybridized carbons (Fsp3) is 0.190. The number of hydrogen-bond acceptors (Lipinski definition) is 8. The molecule has 0 aromatic heterocycles. The molecule has 30 heavy (non-hydrogen) atoms. The van der Waals surface area contributed by atoms with Gasteiger partial charge in [-0.25, -0.2) is 4.79 Å². The van der Waals surface area contributed by atoms with Crippen molar-refractivity contribution in [3.8, 4) is 17.6 Å². The Bertz CT molecular complexity index is 1040. The van der Waals surface area contributed by atoms with Crippen LogP contribution in [0.5, 0.6) is 11.5 Å². The first-order chi connectivity index (χ1) is 14.4. The average Bonchev–Trinajstić information content (AvgIpc) is 2.76. The van der Waals surface area contributed by atoms with Crippen LogP contribution in [0.25, 0.3) is 6.08 Å². The molecule has 0 aliphatic rings. The number of nitrogens with zero attached hydrogens (tertiary/aromatic N) is 2. The largest absolute Gasteiger partial charge is 0.493 e. The number of non-ortho nitro benzene ring substituents is 1. The predicted molar refractivity (Wildman–Crippen MR) is 106 cm³/mol. The van der Waals surface area contributed by atoms with Crippen LogP contribution in [-0.2, 0) is 9.53 Å². The molecule has 154 valence electrons. The van der Waals surface area contributed by atoms with Gasteiger partial charge >= 0.3 is 5.97 Å². The van der Waals surface area contributed by atoms with Crippen LogP contribution in [0.3, 0.4) is 0 Å². The molecule has 9 heteroatoms. The molecule has 2 rings (SSSR count). The summed E-state index contributed by atoms with van der Waals surface area (Å²) in [6, 6.07) is 11.6.